The van der Waals surface area contributed by atoms with Crippen molar-refractivity contribution in [3.05, 3.63) is 58.4 Å². The van der Waals surface area contributed by atoms with Gasteiger partial charge in [-0.1, -0.05) is 13.0 Å². The minimum Gasteiger partial charge on any atom is -0.468 e. The molecule has 0 bridgehead atoms. The largest absolute Gasteiger partial charge is 0.468 e. The monoisotopic (exact) mass is 285 g/mol. The van der Waals surface area contributed by atoms with Crippen molar-refractivity contribution in [2.24, 2.45) is 0 Å². The van der Waals surface area contributed by atoms with E-state index in [1.165, 1.54) is 0 Å². The highest BCUT2D eigenvalue weighted by Gasteiger charge is 2.16. The Morgan fingerprint density at radius 2 is 2.05 bits per heavy atom. The van der Waals surface area contributed by atoms with Gasteiger partial charge in [0, 0.05) is 6.04 Å². The number of H-pyrrole nitrogens is 2. The Bertz CT molecular complexity index is 770. The molecule has 2 heterocycles. The zero-order chi connectivity index (χ0) is 14.8. The van der Waals surface area contributed by atoms with E-state index in [0.29, 0.717) is 0 Å². The van der Waals surface area contributed by atoms with E-state index in [1.54, 1.807) is 6.26 Å². The molecule has 0 fully saturated rings. The molecule has 0 spiro atoms. The highest BCUT2D eigenvalue weighted by Crippen LogP contribution is 2.23. The molecule has 0 aliphatic heterocycles. The molecular weight excluding hydrogens is 266 g/mol. The fourth-order valence-electron chi connectivity index (χ4n) is 2.61. The molecule has 0 saturated heterocycles. The van der Waals surface area contributed by atoms with Crippen LogP contribution in [-0.4, -0.2) is 9.97 Å². The molecule has 110 valence electrons. The first-order valence-electron chi connectivity index (χ1n) is 7.18. The zero-order valence-corrected chi connectivity index (χ0v) is 12.1. The van der Waals surface area contributed by atoms with Crippen molar-refractivity contribution in [2.75, 3.05) is 0 Å². The molecule has 2 atom stereocenters. The number of rotatable bonds is 5. The Morgan fingerprint density at radius 3 is 2.76 bits per heavy atom. The zero-order valence-electron chi connectivity index (χ0n) is 12.1. The minimum atomic E-state index is -0.176. The Hall–Kier alpha value is -2.27. The molecule has 3 aromatic rings. The molecule has 3 N–H and O–H groups in total. The SMILES string of the molecule is CCC(NC(C)c1ccc2[nH]c(=O)[nH]c2c1)c1ccco1. The fourth-order valence-corrected chi connectivity index (χ4v) is 2.61. The first-order valence-corrected chi connectivity index (χ1v) is 7.18. The summed E-state index contributed by atoms with van der Waals surface area (Å²) in [6.45, 7) is 4.23. The van der Waals surface area contributed by atoms with Gasteiger partial charge in [0.2, 0.25) is 0 Å². The van der Waals surface area contributed by atoms with Crippen molar-refractivity contribution in [1.82, 2.24) is 15.3 Å². The third-order valence-electron chi connectivity index (χ3n) is 3.79. The number of aromatic nitrogens is 2. The van der Waals surface area contributed by atoms with Gasteiger partial charge in [-0.05, 0) is 43.2 Å². The summed E-state index contributed by atoms with van der Waals surface area (Å²) in [7, 11) is 0. The van der Waals surface area contributed by atoms with Crippen LogP contribution in [0, 0.1) is 0 Å². The Morgan fingerprint density at radius 1 is 1.24 bits per heavy atom. The minimum absolute atomic E-state index is 0.155. The molecule has 2 unspecified atom stereocenters. The molecular formula is C16H19N3O2. The van der Waals surface area contributed by atoms with E-state index in [1.807, 2.05) is 30.3 Å². The van der Waals surface area contributed by atoms with Gasteiger partial charge in [-0.15, -0.1) is 0 Å². The summed E-state index contributed by atoms with van der Waals surface area (Å²) in [5.74, 6) is 0.945. The van der Waals surface area contributed by atoms with Gasteiger partial charge in [-0.2, -0.15) is 0 Å². The molecule has 0 amide bonds. The summed E-state index contributed by atoms with van der Waals surface area (Å²) < 4.78 is 5.48. The Labute approximate surface area is 122 Å². The first-order chi connectivity index (χ1) is 10.2. The Balaban J connectivity index is 1.82. The van der Waals surface area contributed by atoms with Crippen LogP contribution >= 0.6 is 0 Å². The average molecular weight is 285 g/mol. The summed E-state index contributed by atoms with van der Waals surface area (Å²) in [5.41, 5.74) is 2.61. The van der Waals surface area contributed by atoms with Crippen molar-refractivity contribution in [2.45, 2.75) is 32.4 Å². The molecule has 5 nitrogen and oxygen atoms in total. The van der Waals surface area contributed by atoms with Crippen LogP contribution < -0.4 is 11.0 Å². The van der Waals surface area contributed by atoms with Gasteiger partial charge in [-0.25, -0.2) is 4.79 Å². The van der Waals surface area contributed by atoms with E-state index >= 15 is 0 Å². The van der Waals surface area contributed by atoms with Gasteiger partial charge in [0.1, 0.15) is 5.76 Å². The van der Waals surface area contributed by atoms with E-state index in [2.05, 4.69) is 29.1 Å². The van der Waals surface area contributed by atoms with Crippen LogP contribution in [0.4, 0.5) is 0 Å². The number of furan rings is 1. The van der Waals surface area contributed by atoms with Crippen LogP contribution in [0.5, 0.6) is 0 Å². The first kappa shape index (κ1) is 13.7. The Kier molecular flexibility index (Phi) is 3.66. The van der Waals surface area contributed by atoms with E-state index < -0.39 is 0 Å². The topological polar surface area (TPSA) is 73.8 Å². The van der Waals surface area contributed by atoms with Gasteiger partial charge in [0.05, 0.1) is 23.3 Å². The smallest absolute Gasteiger partial charge is 0.323 e. The maximum absolute atomic E-state index is 11.3. The number of fused-ring (bicyclic) bond motifs is 1. The maximum Gasteiger partial charge on any atom is 0.323 e. The van der Waals surface area contributed by atoms with Crippen molar-refractivity contribution in [1.29, 1.82) is 0 Å². The van der Waals surface area contributed by atoms with Crippen molar-refractivity contribution < 1.29 is 4.42 Å². The number of imidazole rings is 1. The molecule has 0 aliphatic carbocycles. The highest BCUT2D eigenvalue weighted by molar-refractivity contribution is 5.75. The second-order valence-electron chi connectivity index (χ2n) is 5.25. The summed E-state index contributed by atoms with van der Waals surface area (Å²) >= 11 is 0. The number of aromatic amines is 2. The van der Waals surface area contributed by atoms with Gasteiger partial charge in [0.25, 0.3) is 0 Å². The lowest BCUT2D eigenvalue weighted by Gasteiger charge is -2.21. The van der Waals surface area contributed by atoms with Crippen LogP contribution in [-0.2, 0) is 0 Å². The van der Waals surface area contributed by atoms with Crippen LogP contribution in [0.3, 0.4) is 0 Å². The van der Waals surface area contributed by atoms with Crippen LogP contribution in [0.2, 0.25) is 0 Å². The molecule has 21 heavy (non-hydrogen) atoms. The van der Waals surface area contributed by atoms with Crippen LogP contribution in [0.1, 0.15) is 43.7 Å². The summed E-state index contributed by atoms with van der Waals surface area (Å²) in [6, 6.07) is 10.2. The standard InChI is InChI=1S/C16H19N3O2/c1-3-12(15-5-4-8-21-15)17-10(2)11-6-7-13-14(9-11)19-16(20)18-13/h4-10,12,17H,3H2,1-2H3,(H2,18,19,20). The lowest BCUT2D eigenvalue weighted by molar-refractivity contribution is 0.376. The number of nitrogens with one attached hydrogen (secondary N) is 3. The van der Waals surface area contributed by atoms with E-state index in [-0.39, 0.29) is 17.8 Å². The predicted octanol–water partition coefficient (Wildman–Crippen LogP) is 3.25. The summed E-state index contributed by atoms with van der Waals surface area (Å²) in [5, 5.41) is 3.56. The lowest BCUT2D eigenvalue weighted by Crippen LogP contribution is -2.23. The number of benzene rings is 1. The normalized spacial score (nSPS) is 14.4. The van der Waals surface area contributed by atoms with Crippen molar-refractivity contribution in [3.63, 3.8) is 0 Å². The summed E-state index contributed by atoms with van der Waals surface area (Å²) in [4.78, 5) is 16.9. The molecule has 3 rings (SSSR count). The molecule has 0 saturated carbocycles. The lowest BCUT2D eigenvalue weighted by atomic mass is 10.0. The van der Waals surface area contributed by atoms with Crippen molar-refractivity contribution >= 4 is 11.0 Å². The highest BCUT2D eigenvalue weighted by atomic mass is 16.3. The van der Waals surface area contributed by atoms with E-state index in [0.717, 1.165) is 28.8 Å². The van der Waals surface area contributed by atoms with E-state index in [4.69, 9.17) is 4.42 Å². The number of hydrogen-bond donors (Lipinski definition) is 3. The molecule has 2 aromatic heterocycles. The van der Waals surface area contributed by atoms with Gasteiger partial charge in [0.15, 0.2) is 0 Å². The third kappa shape index (κ3) is 2.78. The summed E-state index contributed by atoms with van der Waals surface area (Å²) in [6.07, 6.45) is 2.64. The molecule has 0 aliphatic rings. The van der Waals surface area contributed by atoms with Gasteiger partial charge in [-0.3, -0.25) is 0 Å². The average Bonchev–Trinajstić information content (AvgIpc) is 3.11. The fraction of sp³-hybridized carbons (Fsp3) is 0.312. The molecule has 5 heteroatoms. The van der Waals surface area contributed by atoms with Gasteiger partial charge < -0.3 is 19.7 Å². The molecule has 1 aromatic carbocycles. The number of hydrogen-bond acceptors (Lipinski definition) is 3. The molecule has 0 radical (unpaired) electrons. The van der Waals surface area contributed by atoms with Crippen molar-refractivity contribution in [3.8, 4) is 0 Å². The third-order valence-corrected chi connectivity index (χ3v) is 3.79. The van der Waals surface area contributed by atoms with Crippen LogP contribution in [0.25, 0.3) is 11.0 Å². The second kappa shape index (κ2) is 5.61. The van der Waals surface area contributed by atoms with Crippen LogP contribution in [0.15, 0.2) is 45.8 Å². The van der Waals surface area contributed by atoms with Gasteiger partial charge >= 0.3 is 5.69 Å². The predicted molar refractivity (Wildman–Crippen MR) is 82.2 cm³/mol. The quantitative estimate of drug-likeness (QED) is 0.673. The van der Waals surface area contributed by atoms with E-state index in [9.17, 15) is 4.79 Å². The maximum atomic E-state index is 11.3. The second-order valence-corrected chi connectivity index (χ2v) is 5.25.